The van der Waals surface area contributed by atoms with Crippen LogP contribution >= 0.6 is 15.9 Å². The maximum Gasteiger partial charge on any atom is 0.243 e. The van der Waals surface area contributed by atoms with Gasteiger partial charge < -0.3 is 10.6 Å². The Hall–Kier alpha value is -1.36. The summed E-state index contributed by atoms with van der Waals surface area (Å²) in [6.45, 7) is 2.05. The van der Waals surface area contributed by atoms with Crippen molar-refractivity contribution in [1.29, 1.82) is 0 Å². The van der Waals surface area contributed by atoms with E-state index in [9.17, 15) is 9.59 Å². The molecule has 1 saturated carbocycles. The molecule has 0 bridgehead atoms. The Balaban J connectivity index is 1.79. The smallest absolute Gasteiger partial charge is 0.243 e. The van der Waals surface area contributed by atoms with Gasteiger partial charge in [0.15, 0.2) is 0 Å². The fourth-order valence-electron chi connectivity index (χ4n) is 1.74. The lowest BCUT2D eigenvalue weighted by Crippen LogP contribution is -2.34. The minimum absolute atomic E-state index is 0.0172. The number of carbonyl (C=O) groups is 2. The van der Waals surface area contributed by atoms with E-state index < -0.39 is 0 Å². The van der Waals surface area contributed by atoms with E-state index in [1.54, 1.807) is 6.07 Å². The van der Waals surface area contributed by atoms with Gasteiger partial charge in [0.05, 0.1) is 12.2 Å². The molecular formula is C13H15BrN2O2. The quantitative estimate of drug-likeness (QED) is 0.895. The minimum atomic E-state index is -0.219. The number of hydrogen-bond donors (Lipinski definition) is 2. The molecule has 1 aromatic rings. The second-order valence-corrected chi connectivity index (χ2v) is 5.42. The van der Waals surface area contributed by atoms with Gasteiger partial charge in [0.2, 0.25) is 11.8 Å². The Morgan fingerprint density at radius 1 is 1.39 bits per heavy atom. The van der Waals surface area contributed by atoms with Crippen LogP contribution in [0.5, 0.6) is 0 Å². The summed E-state index contributed by atoms with van der Waals surface area (Å²) in [5.41, 5.74) is 0.705. The van der Waals surface area contributed by atoms with Crippen LogP contribution in [0.4, 0.5) is 5.69 Å². The van der Waals surface area contributed by atoms with Crippen molar-refractivity contribution in [1.82, 2.24) is 5.32 Å². The van der Waals surface area contributed by atoms with Gasteiger partial charge in [-0.25, -0.2) is 0 Å². The van der Waals surface area contributed by atoms with Crippen LogP contribution in [0.25, 0.3) is 0 Å². The number of rotatable bonds is 4. The van der Waals surface area contributed by atoms with Gasteiger partial charge in [0, 0.05) is 10.4 Å². The Bertz CT molecular complexity index is 476. The van der Waals surface area contributed by atoms with E-state index in [0.29, 0.717) is 11.6 Å². The highest BCUT2D eigenvalue weighted by Crippen LogP contribution is 2.37. The monoisotopic (exact) mass is 310 g/mol. The van der Waals surface area contributed by atoms with Crippen LogP contribution in [0.1, 0.15) is 13.3 Å². The van der Waals surface area contributed by atoms with Crippen LogP contribution in [0.2, 0.25) is 0 Å². The zero-order valence-electron chi connectivity index (χ0n) is 10.1. The van der Waals surface area contributed by atoms with E-state index in [-0.39, 0.29) is 24.3 Å². The molecule has 0 aliphatic heterocycles. The Morgan fingerprint density at radius 2 is 2.06 bits per heavy atom. The molecule has 0 aromatic heterocycles. The number of amides is 2. The predicted molar refractivity (Wildman–Crippen MR) is 73.1 cm³/mol. The molecule has 1 aliphatic carbocycles. The molecular weight excluding hydrogens is 296 g/mol. The second-order valence-electron chi connectivity index (χ2n) is 4.57. The van der Waals surface area contributed by atoms with Gasteiger partial charge >= 0.3 is 0 Å². The molecule has 2 atom stereocenters. The van der Waals surface area contributed by atoms with Crippen LogP contribution in [-0.4, -0.2) is 18.4 Å². The zero-order chi connectivity index (χ0) is 13.1. The normalized spacial score (nSPS) is 21.2. The minimum Gasteiger partial charge on any atom is -0.347 e. The summed E-state index contributed by atoms with van der Waals surface area (Å²) >= 11 is 3.34. The van der Waals surface area contributed by atoms with Crippen molar-refractivity contribution in [3.63, 3.8) is 0 Å². The maximum atomic E-state index is 11.6. The molecule has 4 nitrogen and oxygen atoms in total. The lowest BCUT2D eigenvalue weighted by atomic mass is 10.3. The molecule has 1 fully saturated rings. The molecule has 0 heterocycles. The van der Waals surface area contributed by atoms with Crippen molar-refractivity contribution < 1.29 is 9.59 Å². The molecule has 1 aromatic carbocycles. The van der Waals surface area contributed by atoms with Crippen LogP contribution < -0.4 is 10.6 Å². The number of halogens is 1. The third-order valence-corrected chi connectivity index (χ3v) is 3.71. The molecule has 2 rings (SSSR count). The molecule has 0 spiro atoms. The summed E-state index contributed by atoms with van der Waals surface area (Å²) in [5, 5.41) is 5.38. The average molecular weight is 311 g/mol. The van der Waals surface area contributed by atoms with E-state index in [1.165, 1.54) is 0 Å². The summed E-state index contributed by atoms with van der Waals surface area (Å²) < 4.78 is 0.820. The summed E-state index contributed by atoms with van der Waals surface area (Å²) in [7, 11) is 0. The lowest BCUT2D eigenvalue weighted by Gasteiger charge is -2.08. The van der Waals surface area contributed by atoms with Crippen molar-refractivity contribution >= 4 is 33.4 Å². The van der Waals surface area contributed by atoms with Crippen molar-refractivity contribution in [3.8, 4) is 0 Å². The van der Waals surface area contributed by atoms with E-state index >= 15 is 0 Å². The van der Waals surface area contributed by atoms with Crippen LogP contribution in [-0.2, 0) is 9.59 Å². The Kier molecular flexibility index (Phi) is 4.01. The van der Waals surface area contributed by atoms with Gasteiger partial charge in [-0.05, 0) is 40.4 Å². The van der Waals surface area contributed by atoms with Crippen molar-refractivity contribution in [2.45, 2.75) is 13.3 Å². The van der Waals surface area contributed by atoms with E-state index in [4.69, 9.17) is 0 Å². The zero-order valence-corrected chi connectivity index (χ0v) is 11.7. The molecule has 96 valence electrons. The highest BCUT2D eigenvalue weighted by Gasteiger charge is 2.38. The van der Waals surface area contributed by atoms with Crippen molar-refractivity contribution in [2.24, 2.45) is 11.8 Å². The highest BCUT2D eigenvalue weighted by atomic mass is 79.9. The number of hydrogen-bond acceptors (Lipinski definition) is 2. The van der Waals surface area contributed by atoms with Gasteiger partial charge in [-0.15, -0.1) is 0 Å². The second kappa shape index (κ2) is 5.52. The molecule has 5 heteroatoms. The summed E-state index contributed by atoms with van der Waals surface area (Å²) in [6.07, 6.45) is 0.928. The van der Waals surface area contributed by atoms with Gasteiger partial charge in [-0.3, -0.25) is 9.59 Å². The molecule has 0 saturated heterocycles. The van der Waals surface area contributed by atoms with Gasteiger partial charge in [0.25, 0.3) is 0 Å². The van der Waals surface area contributed by atoms with Crippen LogP contribution in [0, 0.1) is 11.8 Å². The molecule has 2 N–H and O–H groups in total. The van der Waals surface area contributed by atoms with Crippen molar-refractivity contribution in [3.05, 3.63) is 28.7 Å². The van der Waals surface area contributed by atoms with Gasteiger partial charge in [0.1, 0.15) is 0 Å². The Labute approximate surface area is 114 Å². The summed E-state index contributed by atoms with van der Waals surface area (Å²) in [5.74, 6) is 0.311. The highest BCUT2D eigenvalue weighted by molar-refractivity contribution is 9.10. The van der Waals surface area contributed by atoms with Gasteiger partial charge in [-0.2, -0.15) is 0 Å². The lowest BCUT2D eigenvalue weighted by molar-refractivity contribution is -0.125. The molecule has 2 unspecified atom stereocenters. The molecule has 18 heavy (non-hydrogen) atoms. The number of nitrogens with one attached hydrogen (secondary N) is 2. The number of benzene rings is 1. The fourth-order valence-corrected chi connectivity index (χ4v) is 2.13. The Morgan fingerprint density at radius 3 is 2.67 bits per heavy atom. The topological polar surface area (TPSA) is 58.2 Å². The summed E-state index contributed by atoms with van der Waals surface area (Å²) in [6, 6.07) is 7.35. The third-order valence-electron chi connectivity index (χ3n) is 3.02. The third kappa shape index (κ3) is 3.32. The van der Waals surface area contributed by atoms with Gasteiger partial charge in [-0.1, -0.05) is 19.1 Å². The van der Waals surface area contributed by atoms with E-state index in [1.807, 2.05) is 25.1 Å². The number of para-hydroxylation sites is 1. The first kappa shape index (κ1) is 13.1. The first-order chi connectivity index (χ1) is 8.58. The molecule has 1 aliphatic rings. The first-order valence-corrected chi connectivity index (χ1v) is 6.69. The number of carbonyl (C=O) groups excluding carboxylic acids is 2. The number of anilines is 1. The van der Waals surface area contributed by atoms with Crippen molar-refractivity contribution in [2.75, 3.05) is 11.9 Å². The maximum absolute atomic E-state index is 11.6. The standard InChI is InChI=1S/C13H15BrN2O2/c1-8-6-9(8)13(18)15-7-12(17)16-11-5-3-2-4-10(11)14/h2-5,8-9H,6-7H2,1H3,(H,15,18)(H,16,17). The largest absolute Gasteiger partial charge is 0.347 e. The first-order valence-electron chi connectivity index (χ1n) is 5.90. The predicted octanol–water partition coefficient (Wildman–Crippen LogP) is 2.16. The fraction of sp³-hybridized carbons (Fsp3) is 0.385. The SMILES string of the molecule is CC1CC1C(=O)NCC(=O)Nc1ccccc1Br. The van der Waals surface area contributed by atoms with Crippen LogP contribution in [0.3, 0.4) is 0 Å². The summed E-state index contributed by atoms with van der Waals surface area (Å²) in [4.78, 5) is 23.2. The molecule has 0 radical (unpaired) electrons. The van der Waals surface area contributed by atoms with E-state index in [2.05, 4.69) is 26.6 Å². The van der Waals surface area contributed by atoms with Crippen LogP contribution in [0.15, 0.2) is 28.7 Å². The average Bonchev–Trinajstić information content (AvgIpc) is 3.06. The van der Waals surface area contributed by atoms with E-state index in [0.717, 1.165) is 10.9 Å². The molecule has 2 amide bonds.